The Hall–Kier alpha value is -2.03. The fourth-order valence-corrected chi connectivity index (χ4v) is 1.30. The van der Waals surface area contributed by atoms with Crippen molar-refractivity contribution in [3.63, 3.8) is 0 Å². The van der Waals surface area contributed by atoms with Crippen molar-refractivity contribution in [2.45, 2.75) is 46.1 Å². The zero-order chi connectivity index (χ0) is 15.8. The Balaban J connectivity index is 3.98. The number of hydrogen-bond donors (Lipinski definition) is 3. The summed E-state index contributed by atoms with van der Waals surface area (Å²) in [5, 5.41) is 13.9. The smallest absolute Gasteiger partial charge is 0.327 e. The predicted octanol–water partition coefficient (Wildman–Crippen LogP) is 0.522. The zero-order valence-electron chi connectivity index (χ0n) is 12.2. The van der Waals surface area contributed by atoms with Crippen LogP contribution in [0.3, 0.4) is 0 Å². The van der Waals surface area contributed by atoms with Gasteiger partial charge in [-0.15, -0.1) is 12.3 Å². The molecule has 0 aliphatic rings. The Bertz CT molecular complexity index is 404. The monoisotopic (exact) mass is 282 g/mol. The van der Waals surface area contributed by atoms with Crippen molar-refractivity contribution in [3.8, 4) is 12.3 Å². The van der Waals surface area contributed by atoms with Gasteiger partial charge in [0.1, 0.15) is 6.04 Å². The predicted molar refractivity (Wildman–Crippen MR) is 74.7 cm³/mol. The molecule has 0 aromatic heterocycles. The van der Waals surface area contributed by atoms with E-state index in [1.807, 2.05) is 0 Å². The van der Waals surface area contributed by atoms with E-state index in [4.69, 9.17) is 11.5 Å². The van der Waals surface area contributed by atoms with Crippen LogP contribution in [0.4, 0.5) is 0 Å². The van der Waals surface area contributed by atoms with Crippen LogP contribution in [0, 0.1) is 17.8 Å². The van der Waals surface area contributed by atoms with Gasteiger partial charge in [-0.1, -0.05) is 20.8 Å². The third-order valence-corrected chi connectivity index (χ3v) is 2.50. The third-order valence-electron chi connectivity index (χ3n) is 2.50. The Labute approximate surface area is 119 Å². The van der Waals surface area contributed by atoms with E-state index in [1.165, 1.54) is 0 Å². The molecular formula is C14H22N2O4. The number of nitrogens with one attached hydrogen (secondary N) is 2. The van der Waals surface area contributed by atoms with Crippen molar-refractivity contribution < 1.29 is 19.5 Å². The van der Waals surface area contributed by atoms with Gasteiger partial charge in [0, 0.05) is 24.8 Å². The fourth-order valence-electron chi connectivity index (χ4n) is 1.30. The van der Waals surface area contributed by atoms with Crippen LogP contribution in [0.25, 0.3) is 0 Å². The van der Waals surface area contributed by atoms with E-state index in [2.05, 4.69) is 16.6 Å². The van der Waals surface area contributed by atoms with Crippen molar-refractivity contribution in [2.75, 3.05) is 6.54 Å². The van der Waals surface area contributed by atoms with Crippen LogP contribution < -0.4 is 10.6 Å². The summed E-state index contributed by atoms with van der Waals surface area (Å²) in [6, 6.07) is -1.06. The number of carboxylic acids is 1. The van der Waals surface area contributed by atoms with Gasteiger partial charge in [-0.05, 0) is 6.42 Å². The van der Waals surface area contributed by atoms with Gasteiger partial charge in [0.25, 0.3) is 0 Å². The van der Waals surface area contributed by atoms with Gasteiger partial charge >= 0.3 is 5.97 Å². The van der Waals surface area contributed by atoms with Crippen LogP contribution in [0.15, 0.2) is 0 Å². The molecule has 0 aliphatic carbocycles. The van der Waals surface area contributed by atoms with Crippen LogP contribution >= 0.6 is 0 Å². The number of hydrogen-bond acceptors (Lipinski definition) is 3. The standard InChI is InChI=1S/C14H22N2O4/c1-5-7-10(12(18)19)16-11(17)8-6-9-15-13(20)14(2,3)4/h1,10H,6-9H2,2-4H3,(H,15,20)(H,16,17)(H,18,19). The van der Waals surface area contributed by atoms with Gasteiger partial charge in [-0.25, -0.2) is 4.79 Å². The highest BCUT2D eigenvalue weighted by atomic mass is 16.4. The lowest BCUT2D eigenvalue weighted by Crippen LogP contribution is -2.41. The van der Waals surface area contributed by atoms with Crippen molar-refractivity contribution in [1.82, 2.24) is 10.6 Å². The lowest BCUT2D eigenvalue weighted by molar-refractivity contribution is -0.141. The van der Waals surface area contributed by atoms with E-state index in [0.29, 0.717) is 13.0 Å². The molecule has 0 rings (SSSR count). The molecule has 0 saturated carbocycles. The molecule has 0 fully saturated rings. The van der Waals surface area contributed by atoms with Crippen molar-refractivity contribution in [2.24, 2.45) is 5.41 Å². The summed E-state index contributed by atoms with van der Waals surface area (Å²) < 4.78 is 0. The van der Waals surface area contributed by atoms with E-state index >= 15 is 0 Å². The average molecular weight is 282 g/mol. The lowest BCUT2D eigenvalue weighted by atomic mass is 9.96. The normalized spacial score (nSPS) is 12.1. The molecule has 1 unspecified atom stereocenters. The molecule has 2 amide bonds. The summed E-state index contributed by atoms with van der Waals surface area (Å²) in [6.45, 7) is 5.77. The molecule has 0 heterocycles. The SMILES string of the molecule is C#CCC(NC(=O)CCCNC(=O)C(C)(C)C)C(=O)O. The van der Waals surface area contributed by atoms with Gasteiger partial charge < -0.3 is 15.7 Å². The Morgan fingerprint density at radius 1 is 1.30 bits per heavy atom. The van der Waals surface area contributed by atoms with Crippen LogP contribution in [-0.4, -0.2) is 35.5 Å². The average Bonchev–Trinajstić information content (AvgIpc) is 2.32. The molecule has 0 bridgehead atoms. The summed E-state index contributed by atoms with van der Waals surface area (Å²) in [4.78, 5) is 33.9. The molecule has 0 radical (unpaired) electrons. The first kappa shape index (κ1) is 18.0. The highest BCUT2D eigenvalue weighted by Gasteiger charge is 2.21. The number of terminal acetylenes is 1. The van der Waals surface area contributed by atoms with E-state index in [0.717, 1.165) is 0 Å². The first-order valence-corrected chi connectivity index (χ1v) is 6.42. The van der Waals surface area contributed by atoms with E-state index < -0.39 is 23.3 Å². The third kappa shape index (κ3) is 7.41. The molecule has 6 nitrogen and oxygen atoms in total. The Morgan fingerprint density at radius 2 is 1.90 bits per heavy atom. The van der Waals surface area contributed by atoms with Crippen molar-refractivity contribution in [3.05, 3.63) is 0 Å². The summed E-state index contributed by atoms with van der Waals surface area (Å²) in [7, 11) is 0. The van der Waals surface area contributed by atoms with Crippen molar-refractivity contribution in [1.29, 1.82) is 0 Å². The second-order valence-electron chi connectivity index (χ2n) is 5.48. The van der Waals surface area contributed by atoms with Gasteiger partial charge in [0.05, 0.1) is 0 Å². The highest BCUT2D eigenvalue weighted by molar-refractivity contribution is 5.84. The van der Waals surface area contributed by atoms with E-state index in [9.17, 15) is 14.4 Å². The number of carbonyl (C=O) groups is 3. The fraction of sp³-hybridized carbons (Fsp3) is 0.643. The van der Waals surface area contributed by atoms with Gasteiger partial charge in [-0.3, -0.25) is 9.59 Å². The summed E-state index contributed by atoms with van der Waals surface area (Å²) >= 11 is 0. The first-order valence-electron chi connectivity index (χ1n) is 6.42. The maximum Gasteiger partial charge on any atom is 0.327 e. The topological polar surface area (TPSA) is 95.5 Å². The number of rotatable bonds is 7. The maximum absolute atomic E-state index is 11.5. The molecule has 6 heteroatoms. The van der Waals surface area contributed by atoms with E-state index in [-0.39, 0.29) is 18.7 Å². The lowest BCUT2D eigenvalue weighted by Gasteiger charge is -2.17. The number of carbonyl (C=O) groups excluding carboxylic acids is 2. The summed E-state index contributed by atoms with van der Waals surface area (Å²) in [5.41, 5.74) is -0.469. The van der Waals surface area contributed by atoms with Crippen LogP contribution in [-0.2, 0) is 14.4 Å². The van der Waals surface area contributed by atoms with Crippen LogP contribution in [0.2, 0.25) is 0 Å². The molecule has 112 valence electrons. The molecule has 20 heavy (non-hydrogen) atoms. The Morgan fingerprint density at radius 3 is 2.35 bits per heavy atom. The molecule has 1 atom stereocenters. The van der Waals surface area contributed by atoms with Gasteiger partial charge in [0.15, 0.2) is 0 Å². The largest absolute Gasteiger partial charge is 0.480 e. The second-order valence-corrected chi connectivity index (χ2v) is 5.48. The van der Waals surface area contributed by atoms with Crippen LogP contribution in [0.1, 0.15) is 40.0 Å². The summed E-state index contributed by atoms with van der Waals surface area (Å²) in [6.07, 6.45) is 5.55. The van der Waals surface area contributed by atoms with Gasteiger partial charge in [-0.2, -0.15) is 0 Å². The molecule has 0 saturated heterocycles. The van der Waals surface area contributed by atoms with Crippen molar-refractivity contribution >= 4 is 17.8 Å². The minimum absolute atomic E-state index is 0.0537. The number of carboxylic acid groups (broad SMARTS) is 1. The minimum atomic E-state index is -1.16. The molecule has 0 aromatic rings. The summed E-state index contributed by atoms with van der Waals surface area (Å²) in [5.74, 6) is 0.565. The van der Waals surface area contributed by atoms with E-state index in [1.54, 1.807) is 20.8 Å². The number of aliphatic carboxylic acids is 1. The molecule has 0 aliphatic heterocycles. The quantitative estimate of drug-likeness (QED) is 0.468. The molecule has 0 aromatic carbocycles. The number of amides is 2. The first-order chi connectivity index (χ1) is 9.18. The maximum atomic E-state index is 11.5. The molecule has 3 N–H and O–H groups in total. The highest BCUT2D eigenvalue weighted by Crippen LogP contribution is 2.12. The molecular weight excluding hydrogens is 260 g/mol. The van der Waals surface area contributed by atoms with Gasteiger partial charge in [0.2, 0.25) is 11.8 Å². The minimum Gasteiger partial charge on any atom is -0.480 e. The second kappa shape index (κ2) is 8.20. The Kier molecular flexibility index (Phi) is 7.37. The van der Waals surface area contributed by atoms with Crippen LogP contribution in [0.5, 0.6) is 0 Å². The zero-order valence-corrected chi connectivity index (χ0v) is 12.2. The molecule has 0 spiro atoms.